The van der Waals surface area contributed by atoms with Crippen molar-refractivity contribution in [3.8, 4) is 0 Å². The zero-order valence-electron chi connectivity index (χ0n) is 7.68. The molecule has 1 atom stereocenters. The van der Waals surface area contributed by atoms with Gasteiger partial charge in [-0.25, -0.2) is 0 Å². The Hall–Kier alpha value is -1.03. The first-order valence-corrected chi connectivity index (χ1v) is 4.17. The summed E-state index contributed by atoms with van der Waals surface area (Å²) in [5.41, 5.74) is 5.40. The van der Waals surface area contributed by atoms with E-state index in [2.05, 4.69) is 0 Å². The average molecular weight is 202 g/mol. The molecular formula is C10H11F3N. The fraction of sp³-hybridized carbons (Fsp3) is 0.300. The summed E-state index contributed by atoms with van der Waals surface area (Å²) in [5.74, 6) is 0. The molecule has 0 aliphatic rings. The lowest BCUT2D eigenvalue weighted by Crippen LogP contribution is -2.11. The van der Waals surface area contributed by atoms with E-state index in [1.807, 2.05) is 0 Å². The third-order valence-electron chi connectivity index (χ3n) is 1.96. The van der Waals surface area contributed by atoms with E-state index in [0.29, 0.717) is 5.56 Å². The normalized spacial score (nSPS) is 14.1. The Kier molecular flexibility index (Phi) is 3.16. The summed E-state index contributed by atoms with van der Waals surface area (Å²) in [6, 6.07) is 4.61. The highest BCUT2D eigenvalue weighted by Crippen LogP contribution is 2.30. The lowest BCUT2D eigenvalue weighted by molar-refractivity contribution is -0.137. The van der Waals surface area contributed by atoms with Gasteiger partial charge in [0.15, 0.2) is 0 Å². The Bertz CT molecular complexity index is 306. The van der Waals surface area contributed by atoms with Crippen molar-refractivity contribution in [2.45, 2.75) is 19.1 Å². The number of rotatable bonds is 2. The predicted molar refractivity (Wildman–Crippen MR) is 48.3 cm³/mol. The largest absolute Gasteiger partial charge is 0.416 e. The van der Waals surface area contributed by atoms with Crippen LogP contribution in [0.15, 0.2) is 24.3 Å². The third kappa shape index (κ3) is 2.48. The van der Waals surface area contributed by atoms with Crippen LogP contribution in [0.5, 0.6) is 0 Å². The molecule has 1 unspecified atom stereocenters. The molecule has 0 amide bonds. The minimum atomic E-state index is -4.30. The zero-order chi connectivity index (χ0) is 10.8. The van der Waals surface area contributed by atoms with Crippen LogP contribution >= 0.6 is 0 Å². The quantitative estimate of drug-likeness (QED) is 0.783. The van der Waals surface area contributed by atoms with Gasteiger partial charge in [0, 0.05) is 6.04 Å². The third-order valence-corrected chi connectivity index (χ3v) is 1.96. The molecule has 1 aromatic rings. The highest BCUT2D eigenvalue weighted by Gasteiger charge is 2.30. The summed E-state index contributed by atoms with van der Waals surface area (Å²) >= 11 is 0. The summed E-state index contributed by atoms with van der Waals surface area (Å²) < 4.78 is 36.9. The van der Waals surface area contributed by atoms with Crippen LogP contribution in [-0.4, -0.2) is 0 Å². The highest BCUT2D eigenvalue weighted by atomic mass is 19.4. The van der Waals surface area contributed by atoms with Gasteiger partial charge in [0.05, 0.1) is 5.56 Å². The van der Waals surface area contributed by atoms with Gasteiger partial charge in [-0.05, 0) is 24.1 Å². The van der Waals surface area contributed by atoms with E-state index in [9.17, 15) is 13.2 Å². The first-order chi connectivity index (χ1) is 6.45. The average Bonchev–Trinajstić information content (AvgIpc) is 2.15. The van der Waals surface area contributed by atoms with Gasteiger partial charge in [0.1, 0.15) is 0 Å². The monoisotopic (exact) mass is 202 g/mol. The first-order valence-electron chi connectivity index (χ1n) is 4.17. The predicted octanol–water partition coefficient (Wildman–Crippen LogP) is 2.93. The zero-order valence-corrected chi connectivity index (χ0v) is 7.68. The van der Waals surface area contributed by atoms with Crippen molar-refractivity contribution in [1.82, 2.24) is 0 Å². The molecule has 1 aromatic carbocycles. The first kappa shape index (κ1) is 11.0. The molecule has 77 valence electrons. The van der Waals surface area contributed by atoms with Crippen LogP contribution in [-0.2, 0) is 6.18 Å². The number of alkyl halides is 3. The molecule has 0 spiro atoms. The van der Waals surface area contributed by atoms with Gasteiger partial charge >= 0.3 is 6.18 Å². The van der Waals surface area contributed by atoms with Crippen molar-refractivity contribution in [3.05, 3.63) is 41.8 Å². The molecule has 0 fully saturated rings. The minimum Gasteiger partial charge on any atom is -0.324 e. The molecule has 0 aliphatic carbocycles. The molecule has 4 heteroatoms. The smallest absolute Gasteiger partial charge is 0.324 e. The molecule has 0 aromatic heterocycles. The van der Waals surface area contributed by atoms with Gasteiger partial charge in [-0.3, -0.25) is 0 Å². The molecule has 1 rings (SSSR count). The van der Waals surface area contributed by atoms with Crippen molar-refractivity contribution >= 4 is 0 Å². The van der Waals surface area contributed by atoms with Crippen LogP contribution in [0, 0.1) is 6.42 Å². The summed E-state index contributed by atoms with van der Waals surface area (Å²) in [5, 5.41) is 0. The van der Waals surface area contributed by atoms with Gasteiger partial charge in [0.2, 0.25) is 0 Å². The highest BCUT2D eigenvalue weighted by molar-refractivity contribution is 5.28. The summed E-state index contributed by atoms with van der Waals surface area (Å²) in [6.45, 7) is 1.71. The van der Waals surface area contributed by atoms with Gasteiger partial charge in [0.25, 0.3) is 0 Å². The molecule has 0 saturated heterocycles. The van der Waals surface area contributed by atoms with Crippen LogP contribution in [0.1, 0.15) is 24.1 Å². The topological polar surface area (TPSA) is 26.0 Å². The van der Waals surface area contributed by atoms with Crippen molar-refractivity contribution in [2.24, 2.45) is 5.73 Å². The Morgan fingerprint density at radius 3 is 2.50 bits per heavy atom. The Morgan fingerprint density at radius 2 is 2.00 bits per heavy atom. The van der Waals surface area contributed by atoms with Crippen molar-refractivity contribution in [3.63, 3.8) is 0 Å². The van der Waals surface area contributed by atoms with Crippen LogP contribution in [0.2, 0.25) is 0 Å². The second kappa shape index (κ2) is 4.00. The van der Waals surface area contributed by atoms with E-state index in [-0.39, 0.29) is 0 Å². The standard InChI is InChI=1S/C10H11F3N/c1-2-9(14)7-4-3-5-8(6-7)10(11,12)13/h2-6,9H,14H2,1H3. The van der Waals surface area contributed by atoms with Crippen molar-refractivity contribution in [2.75, 3.05) is 0 Å². The van der Waals surface area contributed by atoms with Gasteiger partial charge in [-0.15, -0.1) is 0 Å². The van der Waals surface area contributed by atoms with Crippen molar-refractivity contribution in [1.29, 1.82) is 0 Å². The molecule has 0 bridgehead atoms. The second-order valence-electron chi connectivity index (χ2n) is 2.98. The number of halogens is 3. The lowest BCUT2D eigenvalue weighted by atomic mass is 10.0. The van der Waals surface area contributed by atoms with Crippen LogP contribution < -0.4 is 5.73 Å². The van der Waals surface area contributed by atoms with Gasteiger partial charge < -0.3 is 5.73 Å². The Labute approximate surface area is 80.7 Å². The van der Waals surface area contributed by atoms with Crippen molar-refractivity contribution < 1.29 is 13.2 Å². The maximum atomic E-state index is 12.3. The van der Waals surface area contributed by atoms with E-state index in [1.165, 1.54) is 6.07 Å². The van der Waals surface area contributed by atoms with Crippen LogP contribution in [0.4, 0.5) is 13.2 Å². The van der Waals surface area contributed by atoms with E-state index in [1.54, 1.807) is 19.4 Å². The fourth-order valence-corrected chi connectivity index (χ4v) is 1.11. The van der Waals surface area contributed by atoms with Gasteiger partial charge in [-0.1, -0.05) is 19.1 Å². The fourth-order valence-electron chi connectivity index (χ4n) is 1.11. The van der Waals surface area contributed by atoms with E-state index in [0.717, 1.165) is 12.1 Å². The number of benzene rings is 1. The van der Waals surface area contributed by atoms with E-state index < -0.39 is 17.8 Å². The maximum absolute atomic E-state index is 12.3. The number of hydrogen-bond acceptors (Lipinski definition) is 1. The summed E-state index contributed by atoms with van der Waals surface area (Å²) in [6.07, 6.45) is -2.65. The molecule has 0 saturated carbocycles. The van der Waals surface area contributed by atoms with E-state index in [4.69, 9.17) is 5.73 Å². The van der Waals surface area contributed by atoms with Crippen LogP contribution in [0.3, 0.4) is 0 Å². The Morgan fingerprint density at radius 1 is 1.36 bits per heavy atom. The summed E-state index contributed by atoms with van der Waals surface area (Å²) in [4.78, 5) is 0. The molecule has 0 heterocycles. The minimum absolute atomic E-state index is 0.447. The molecule has 1 radical (unpaired) electrons. The Balaban J connectivity index is 3.01. The molecule has 0 aliphatic heterocycles. The molecule has 14 heavy (non-hydrogen) atoms. The summed E-state index contributed by atoms with van der Waals surface area (Å²) in [7, 11) is 0. The maximum Gasteiger partial charge on any atom is 0.416 e. The van der Waals surface area contributed by atoms with Crippen LogP contribution in [0.25, 0.3) is 0 Å². The number of nitrogens with two attached hydrogens (primary N) is 1. The van der Waals surface area contributed by atoms with E-state index >= 15 is 0 Å². The number of hydrogen-bond donors (Lipinski definition) is 1. The van der Waals surface area contributed by atoms with Gasteiger partial charge in [-0.2, -0.15) is 13.2 Å². The molecular weight excluding hydrogens is 191 g/mol. The molecule has 2 N–H and O–H groups in total. The molecule has 1 nitrogen and oxygen atoms in total. The second-order valence-corrected chi connectivity index (χ2v) is 2.98. The lowest BCUT2D eigenvalue weighted by Gasteiger charge is -2.12. The SMILES string of the molecule is C[CH]C(N)c1cccc(C(F)(F)F)c1.